The summed E-state index contributed by atoms with van der Waals surface area (Å²) in [7, 11) is 0. The van der Waals surface area contributed by atoms with E-state index >= 15 is 0 Å². The number of carbonyl (C=O) groups is 1. The number of fused-ring (bicyclic) bond motifs is 1. The van der Waals surface area contributed by atoms with Crippen LogP contribution in [-0.2, 0) is 6.42 Å². The average molecular weight is 429 g/mol. The number of hydrogen-bond donors (Lipinski definition) is 3. The van der Waals surface area contributed by atoms with Crippen LogP contribution in [0.1, 0.15) is 29.8 Å². The molecular formula is C27H28N2O3. The van der Waals surface area contributed by atoms with Crippen LogP contribution in [0.15, 0.2) is 79.0 Å². The van der Waals surface area contributed by atoms with E-state index in [9.17, 15) is 9.90 Å². The van der Waals surface area contributed by atoms with Crippen LogP contribution in [0.25, 0.3) is 22.0 Å². The Morgan fingerprint density at radius 1 is 1.00 bits per heavy atom. The second-order valence-electron chi connectivity index (χ2n) is 8.13. The summed E-state index contributed by atoms with van der Waals surface area (Å²) in [6.07, 6.45) is 2.36. The lowest BCUT2D eigenvalue weighted by atomic mass is 10.00. The molecule has 4 aromatic rings. The number of nitrogens with one attached hydrogen (secondary N) is 2. The van der Waals surface area contributed by atoms with Crippen molar-refractivity contribution < 1.29 is 14.6 Å². The molecule has 0 aliphatic rings. The number of rotatable bonds is 8. The molecule has 32 heavy (non-hydrogen) atoms. The highest BCUT2D eigenvalue weighted by Gasteiger charge is 2.21. The molecule has 0 saturated carbocycles. The van der Waals surface area contributed by atoms with Crippen LogP contribution in [-0.4, -0.2) is 34.8 Å². The standard InChI is InChI=1S/C27H28N2O3/c1-18(2)32-26-23(19-9-4-3-5-10-19)12-8-13-24(26)27(31)29-21(17-30)15-20-16-28-25-14-7-6-11-22(20)25/h3-14,16,18,21,28,30H,15,17H2,1-2H3,(H,29,31)/t21-/m1/s1. The van der Waals surface area contributed by atoms with E-state index in [0.29, 0.717) is 17.7 Å². The van der Waals surface area contributed by atoms with Crippen molar-refractivity contribution in [3.63, 3.8) is 0 Å². The molecule has 4 rings (SSSR count). The number of benzene rings is 3. The fourth-order valence-corrected chi connectivity index (χ4v) is 3.91. The maximum Gasteiger partial charge on any atom is 0.255 e. The van der Waals surface area contributed by atoms with Crippen LogP contribution >= 0.6 is 0 Å². The van der Waals surface area contributed by atoms with E-state index in [2.05, 4.69) is 10.3 Å². The number of ether oxygens (including phenoxy) is 1. The molecule has 1 aromatic heterocycles. The van der Waals surface area contributed by atoms with Gasteiger partial charge in [-0.05, 0) is 43.5 Å². The number of para-hydroxylation sites is 2. The van der Waals surface area contributed by atoms with Crippen molar-refractivity contribution in [3.8, 4) is 16.9 Å². The second-order valence-corrected chi connectivity index (χ2v) is 8.13. The Morgan fingerprint density at radius 3 is 2.50 bits per heavy atom. The second kappa shape index (κ2) is 9.71. The predicted octanol–water partition coefficient (Wildman–Crippen LogP) is 4.96. The number of carbonyl (C=O) groups excluding carboxylic acids is 1. The summed E-state index contributed by atoms with van der Waals surface area (Å²) < 4.78 is 6.10. The minimum absolute atomic E-state index is 0.0914. The van der Waals surface area contributed by atoms with Crippen molar-refractivity contribution in [2.24, 2.45) is 0 Å². The lowest BCUT2D eigenvalue weighted by Crippen LogP contribution is -2.39. The Kier molecular flexibility index (Phi) is 6.57. The molecule has 1 heterocycles. The van der Waals surface area contributed by atoms with Crippen molar-refractivity contribution in [1.29, 1.82) is 0 Å². The average Bonchev–Trinajstić information content (AvgIpc) is 3.21. The number of aliphatic hydroxyl groups excluding tert-OH is 1. The van der Waals surface area contributed by atoms with E-state index in [1.165, 1.54) is 0 Å². The van der Waals surface area contributed by atoms with Crippen molar-refractivity contribution >= 4 is 16.8 Å². The summed E-state index contributed by atoms with van der Waals surface area (Å²) in [5, 5.41) is 14.1. The summed E-state index contributed by atoms with van der Waals surface area (Å²) in [6.45, 7) is 3.72. The summed E-state index contributed by atoms with van der Waals surface area (Å²) in [6, 6.07) is 23.0. The zero-order chi connectivity index (χ0) is 22.5. The molecule has 0 unspecified atom stereocenters. The summed E-state index contributed by atoms with van der Waals surface area (Å²) in [5.41, 5.74) is 4.39. The van der Waals surface area contributed by atoms with Crippen molar-refractivity contribution in [2.45, 2.75) is 32.4 Å². The molecule has 0 spiro atoms. The van der Waals surface area contributed by atoms with Gasteiger partial charge in [0.1, 0.15) is 5.75 Å². The molecule has 0 aliphatic heterocycles. The third kappa shape index (κ3) is 4.68. The third-order valence-electron chi connectivity index (χ3n) is 5.39. The molecule has 0 aliphatic carbocycles. The molecule has 5 nitrogen and oxygen atoms in total. The van der Waals surface area contributed by atoms with Gasteiger partial charge >= 0.3 is 0 Å². The number of aromatic nitrogens is 1. The first-order valence-corrected chi connectivity index (χ1v) is 10.9. The van der Waals surface area contributed by atoms with Gasteiger partial charge in [-0.15, -0.1) is 0 Å². The molecule has 1 atom stereocenters. The van der Waals surface area contributed by atoms with E-state index in [1.54, 1.807) is 6.07 Å². The van der Waals surface area contributed by atoms with Gasteiger partial charge in [-0.25, -0.2) is 0 Å². The third-order valence-corrected chi connectivity index (χ3v) is 5.39. The van der Waals surface area contributed by atoms with Gasteiger partial charge in [-0.3, -0.25) is 4.79 Å². The van der Waals surface area contributed by atoms with E-state index in [1.807, 2.05) is 86.8 Å². The zero-order valence-electron chi connectivity index (χ0n) is 18.3. The molecular weight excluding hydrogens is 400 g/mol. The maximum absolute atomic E-state index is 13.3. The van der Waals surface area contributed by atoms with E-state index < -0.39 is 6.04 Å². The van der Waals surface area contributed by atoms with Crippen LogP contribution in [0.4, 0.5) is 0 Å². The molecule has 5 heteroatoms. The number of H-pyrrole nitrogens is 1. The molecule has 0 radical (unpaired) electrons. The van der Waals surface area contributed by atoms with Crippen molar-refractivity contribution in [2.75, 3.05) is 6.61 Å². The van der Waals surface area contributed by atoms with Crippen molar-refractivity contribution in [1.82, 2.24) is 10.3 Å². The van der Waals surface area contributed by atoms with E-state index in [0.717, 1.165) is 27.6 Å². The Bertz CT molecular complexity index is 1200. The predicted molar refractivity (Wildman–Crippen MR) is 128 cm³/mol. The minimum atomic E-state index is -0.422. The molecule has 164 valence electrons. The van der Waals surface area contributed by atoms with Gasteiger partial charge in [0.2, 0.25) is 0 Å². The van der Waals surface area contributed by atoms with E-state index in [4.69, 9.17) is 4.74 Å². The molecule has 0 fully saturated rings. The Morgan fingerprint density at radius 2 is 1.75 bits per heavy atom. The quantitative estimate of drug-likeness (QED) is 0.372. The summed E-state index contributed by atoms with van der Waals surface area (Å²) in [5.74, 6) is 0.285. The maximum atomic E-state index is 13.3. The molecule has 0 saturated heterocycles. The van der Waals surface area contributed by atoms with Gasteiger partial charge in [0, 0.05) is 22.7 Å². The zero-order valence-corrected chi connectivity index (χ0v) is 18.3. The topological polar surface area (TPSA) is 74.3 Å². The Labute approximate surface area is 188 Å². The van der Waals surface area contributed by atoms with Crippen LogP contribution in [0.5, 0.6) is 5.75 Å². The fraction of sp³-hybridized carbons (Fsp3) is 0.222. The van der Waals surface area contributed by atoms with Gasteiger partial charge in [0.15, 0.2) is 0 Å². The first-order valence-electron chi connectivity index (χ1n) is 10.9. The first kappa shape index (κ1) is 21.7. The SMILES string of the molecule is CC(C)Oc1c(C(=O)N[C@@H](CO)Cc2c[nH]c3ccccc23)cccc1-c1ccccc1. The smallest absolute Gasteiger partial charge is 0.255 e. The Balaban J connectivity index is 1.61. The highest BCUT2D eigenvalue weighted by atomic mass is 16.5. The van der Waals surface area contributed by atoms with Crippen LogP contribution in [0.2, 0.25) is 0 Å². The van der Waals surface area contributed by atoms with Crippen LogP contribution in [0, 0.1) is 0 Å². The number of hydrogen-bond acceptors (Lipinski definition) is 3. The number of aromatic amines is 1. The normalized spacial score (nSPS) is 12.1. The highest BCUT2D eigenvalue weighted by Crippen LogP contribution is 2.34. The van der Waals surface area contributed by atoms with E-state index in [-0.39, 0.29) is 18.6 Å². The molecule has 3 N–H and O–H groups in total. The summed E-state index contributed by atoms with van der Waals surface area (Å²) in [4.78, 5) is 16.5. The minimum Gasteiger partial charge on any atom is -0.490 e. The van der Waals surface area contributed by atoms with Gasteiger partial charge < -0.3 is 20.1 Å². The molecule has 0 bridgehead atoms. The van der Waals surface area contributed by atoms with Gasteiger partial charge in [-0.1, -0.05) is 60.7 Å². The van der Waals surface area contributed by atoms with Gasteiger partial charge in [0.25, 0.3) is 5.91 Å². The lowest BCUT2D eigenvalue weighted by molar-refractivity contribution is 0.0911. The molecule has 3 aromatic carbocycles. The van der Waals surface area contributed by atoms with Gasteiger partial charge in [0.05, 0.1) is 24.3 Å². The fourth-order valence-electron chi connectivity index (χ4n) is 3.91. The van der Waals surface area contributed by atoms with Gasteiger partial charge in [-0.2, -0.15) is 0 Å². The number of amides is 1. The Hall–Kier alpha value is -3.57. The monoisotopic (exact) mass is 428 g/mol. The number of aliphatic hydroxyl groups is 1. The van der Waals surface area contributed by atoms with Crippen molar-refractivity contribution in [3.05, 3.63) is 90.1 Å². The first-order chi connectivity index (χ1) is 15.6. The lowest BCUT2D eigenvalue weighted by Gasteiger charge is -2.21. The van der Waals surface area contributed by atoms with Crippen LogP contribution < -0.4 is 10.1 Å². The highest BCUT2D eigenvalue weighted by molar-refractivity contribution is 5.99. The molecule has 1 amide bonds. The largest absolute Gasteiger partial charge is 0.490 e. The summed E-state index contributed by atoms with van der Waals surface area (Å²) >= 11 is 0. The van der Waals surface area contributed by atoms with Crippen LogP contribution in [0.3, 0.4) is 0 Å².